The van der Waals surface area contributed by atoms with Gasteiger partial charge in [0.1, 0.15) is 0 Å². The minimum absolute atomic E-state index is 0.202. The van der Waals surface area contributed by atoms with Crippen molar-refractivity contribution in [1.82, 2.24) is 9.78 Å². The predicted octanol–water partition coefficient (Wildman–Crippen LogP) is 2.46. The van der Waals surface area contributed by atoms with Gasteiger partial charge < -0.3 is 5.11 Å². The zero-order chi connectivity index (χ0) is 12.3. The first-order chi connectivity index (χ1) is 8.22. The van der Waals surface area contributed by atoms with Crippen molar-refractivity contribution in [3.8, 4) is 0 Å². The Morgan fingerprint density at radius 3 is 2.88 bits per heavy atom. The molecule has 90 valence electrons. The van der Waals surface area contributed by atoms with E-state index in [9.17, 15) is 4.79 Å². The van der Waals surface area contributed by atoms with E-state index in [1.807, 2.05) is 28.9 Å². The van der Waals surface area contributed by atoms with Crippen LogP contribution in [-0.2, 0) is 17.8 Å². The second-order valence-corrected chi connectivity index (χ2v) is 4.03. The molecule has 1 N–H and O–H groups in total. The minimum Gasteiger partial charge on any atom is -0.481 e. The Hall–Kier alpha value is -1.84. The Balaban J connectivity index is 2.24. The number of carboxylic acids is 1. The number of aromatic nitrogens is 2. The third-order valence-electron chi connectivity index (χ3n) is 2.84. The molecule has 0 saturated heterocycles. The molecule has 0 atom stereocenters. The number of para-hydroxylation sites is 1. The smallest absolute Gasteiger partial charge is 0.303 e. The highest BCUT2D eigenvalue weighted by Gasteiger charge is 2.09. The summed E-state index contributed by atoms with van der Waals surface area (Å²) in [6, 6.07) is 8.08. The molecule has 2 aromatic rings. The van der Waals surface area contributed by atoms with Gasteiger partial charge in [0.2, 0.25) is 0 Å². The van der Waals surface area contributed by atoms with Gasteiger partial charge in [-0.1, -0.05) is 18.2 Å². The van der Waals surface area contributed by atoms with Crippen molar-refractivity contribution in [3.05, 3.63) is 30.0 Å². The highest BCUT2D eigenvalue weighted by Crippen LogP contribution is 2.19. The lowest BCUT2D eigenvalue weighted by Gasteiger charge is -1.95. The van der Waals surface area contributed by atoms with Crippen LogP contribution in [-0.4, -0.2) is 20.9 Å². The summed E-state index contributed by atoms with van der Waals surface area (Å²) >= 11 is 0. The molecule has 0 fully saturated rings. The summed E-state index contributed by atoms with van der Waals surface area (Å²) in [5, 5.41) is 14.3. The van der Waals surface area contributed by atoms with Crippen LogP contribution < -0.4 is 0 Å². The van der Waals surface area contributed by atoms with Crippen LogP contribution in [0.2, 0.25) is 0 Å². The number of aryl methyl sites for hydroxylation is 2. The third kappa shape index (κ3) is 2.46. The molecule has 1 heterocycles. The van der Waals surface area contributed by atoms with E-state index in [1.165, 1.54) is 0 Å². The van der Waals surface area contributed by atoms with Gasteiger partial charge in [0, 0.05) is 18.4 Å². The van der Waals surface area contributed by atoms with Gasteiger partial charge in [-0.05, 0) is 25.8 Å². The van der Waals surface area contributed by atoms with Crippen molar-refractivity contribution in [3.63, 3.8) is 0 Å². The van der Waals surface area contributed by atoms with E-state index in [4.69, 9.17) is 5.11 Å². The molecule has 1 aromatic carbocycles. The molecule has 0 amide bonds. The second-order valence-electron chi connectivity index (χ2n) is 4.03. The van der Waals surface area contributed by atoms with Gasteiger partial charge in [-0.3, -0.25) is 9.48 Å². The summed E-state index contributed by atoms with van der Waals surface area (Å²) in [6.45, 7) is 2.89. The molecular weight excluding hydrogens is 216 g/mol. The molecule has 0 aliphatic carbocycles. The van der Waals surface area contributed by atoms with Crippen molar-refractivity contribution in [2.75, 3.05) is 0 Å². The molecule has 0 aliphatic rings. The summed E-state index contributed by atoms with van der Waals surface area (Å²) in [5.41, 5.74) is 2.13. The number of hydrogen-bond donors (Lipinski definition) is 1. The molecule has 2 rings (SSSR count). The number of benzene rings is 1. The van der Waals surface area contributed by atoms with Gasteiger partial charge in [0.15, 0.2) is 0 Å². The van der Waals surface area contributed by atoms with Crippen LogP contribution in [0.15, 0.2) is 24.3 Å². The Kier molecular flexibility index (Phi) is 3.42. The molecule has 0 saturated carbocycles. The number of nitrogens with zero attached hydrogens (tertiary/aromatic N) is 2. The molecule has 1 aromatic heterocycles. The maximum Gasteiger partial charge on any atom is 0.303 e. The van der Waals surface area contributed by atoms with Crippen LogP contribution in [0.3, 0.4) is 0 Å². The third-order valence-corrected chi connectivity index (χ3v) is 2.84. The highest BCUT2D eigenvalue weighted by atomic mass is 16.4. The summed E-state index contributed by atoms with van der Waals surface area (Å²) in [7, 11) is 0. The lowest BCUT2D eigenvalue weighted by Crippen LogP contribution is -1.99. The van der Waals surface area contributed by atoms with Crippen molar-refractivity contribution in [1.29, 1.82) is 0 Å². The van der Waals surface area contributed by atoms with E-state index < -0.39 is 5.97 Å². The number of carbonyl (C=O) groups is 1. The highest BCUT2D eigenvalue weighted by molar-refractivity contribution is 5.82. The topological polar surface area (TPSA) is 55.1 Å². The summed E-state index contributed by atoms with van der Waals surface area (Å²) in [6.07, 6.45) is 1.56. The zero-order valence-corrected chi connectivity index (χ0v) is 9.89. The van der Waals surface area contributed by atoms with Gasteiger partial charge in [-0.15, -0.1) is 0 Å². The quantitative estimate of drug-likeness (QED) is 0.861. The number of aliphatic carboxylic acids is 1. The Morgan fingerprint density at radius 2 is 2.18 bits per heavy atom. The van der Waals surface area contributed by atoms with Crippen molar-refractivity contribution in [2.24, 2.45) is 0 Å². The Bertz CT molecular complexity index is 531. The van der Waals surface area contributed by atoms with E-state index in [0.717, 1.165) is 29.6 Å². The Labute approximate surface area is 99.9 Å². The number of rotatable bonds is 5. The zero-order valence-electron chi connectivity index (χ0n) is 9.89. The number of hydrogen-bond acceptors (Lipinski definition) is 2. The first-order valence-electron chi connectivity index (χ1n) is 5.88. The molecule has 0 bridgehead atoms. The van der Waals surface area contributed by atoms with Crippen molar-refractivity contribution < 1.29 is 9.90 Å². The van der Waals surface area contributed by atoms with Crippen LogP contribution in [0.1, 0.15) is 25.5 Å². The molecule has 0 radical (unpaired) electrons. The maximum absolute atomic E-state index is 10.5. The standard InChI is InChI=1S/C13H16N2O2/c1-2-15-12-8-4-3-6-10(12)11(14-15)7-5-9-13(16)17/h3-4,6,8H,2,5,7,9H2,1H3,(H,16,17). The van der Waals surface area contributed by atoms with E-state index in [1.54, 1.807) is 0 Å². The molecule has 4 nitrogen and oxygen atoms in total. The van der Waals surface area contributed by atoms with E-state index >= 15 is 0 Å². The molecule has 17 heavy (non-hydrogen) atoms. The first-order valence-corrected chi connectivity index (χ1v) is 5.88. The maximum atomic E-state index is 10.5. The van der Waals surface area contributed by atoms with Gasteiger partial charge in [0.05, 0.1) is 11.2 Å². The van der Waals surface area contributed by atoms with E-state index in [2.05, 4.69) is 12.0 Å². The van der Waals surface area contributed by atoms with Crippen LogP contribution in [0.5, 0.6) is 0 Å². The Morgan fingerprint density at radius 1 is 1.41 bits per heavy atom. The predicted molar refractivity (Wildman–Crippen MR) is 66.0 cm³/mol. The number of carboxylic acid groups (broad SMARTS) is 1. The van der Waals surface area contributed by atoms with E-state index in [-0.39, 0.29) is 6.42 Å². The monoisotopic (exact) mass is 232 g/mol. The summed E-state index contributed by atoms with van der Waals surface area (Å²) in [4.78, 5) is 10.5. The molecule has 4 heteroatoms. The van der Waals surface area contributed by atoms with Crippen LogP contribution in [0.25, 0.3) is 10.9 Å². The molecular formula is C13H16N2O2. The fourth-order valence-electron chi connectivity index (χ4n) is 2.03. The molecule has 0 unspecified atom stereocenters. The molecule has 0 aliphatic heterocycles. The summed E-state index contributed by atoms with van der Waals surface area (Å²) in [5.74, 6) is -0.746. The van der Waals surface area contributed by atoms with Crippen molar-refractivity contribution >= 4 is 16.9 Å². The minimum atomic E-state index is -0.746. The second kappa shape index (κ2) is 4.99. The first kappa shape index (κ1) is 11.6. The summed E-state index contributed by atoms with van der Waals surface area (Å²) < 4.78 is 1.96. The van der Waals surface area contributed by atoms with Gasteiger partial charge >= 0.3 is 5.97 Å². The lowest BCUT2D eigenvalue weighted by molar-refractivity contribution is -0.137. The number of fused-ring (bicyclic) bond motifs is 1. The van der Waals surface area contributed by atoms with Gasteiger partial charge in [-0.25, -0.2) is 0 Å². The van der Waals surface area contributed by atoms with Gasteiger partial charge in [0.25, 0.3) is 0 Å². The van der Waals surface area contributed by atoms with E-state index in [0.29, 0.717) is 6.42 Å². The lowest BCUT2D eigenvalue weighted by atomic mass is 10.1. The largest absolute Gasteiger partial charge is 0.481 e. The van der Waals surface area contributed by atoms with Gasteiger partial charge in [-0.2, -0.15) is 5.10 Å². The normalized spacial score (nSPS) is 10.9. The van der Waals surface area contributed by atoms with Crippen LogP contribution in [0, 0.1) is 0 Å². The van der Waals surface area contributed by atoms with Crippen LogP contribution in [0.4, 0.5) is 0 Å². The average molecular weight is 232 g/mol. The fourth-order valence-corrected chi connectivity index (χ4v) is 2.03. The SMILES string of the molecule is CCn1nc(CCCC(=O)O)c2ccccc21. The van der Waals surface area contributed by atoms with Crippen LogP contribution >= 0.6 is 0 Å². The molecule has 0 spiro atoms. The fraction of sp³-hybridized carbons (Fsp3) is 0.385. The average Bonchev–Trinajstić information content (AvgIpc) is 2.68. The van der Waals surface area contributed by atoms with Crippen molar-refractivity contribution in [2.45, 2.75) is 32.7 Å².